The predicted molar refractivity (Wildman–Crippen MR) is 55.8 cm³/mol. The highest BCUT2D eigenvalue weighted by Gasteiger charge is 2.21. The van der Waals surface area contributed by atoms with E-state index < -0.39 is 30.3 Å². The zero-order valence-corrected chi connectivity index (χ0v) is 9.14. The molecule has 0 bridgehead atoms. The van der Waals surface area contributed by atoms with Gasteiger partial charge in [-0.2, -0.15) is 0 Å². The molecular formula is C10H15NO5. The maximum atomic E-state index is 11.2. The number of carboxylic acids is 2. The van der Waals surface area contributed by atoms with Crippen LogP contribution >= 0.6 is 0 Å². The number of nitrogens with one attached hydrogen (secondary N) is 1. The van der Waals surface area contributed by atoms with Crippen molar-refractivity contribution < 1.29 is 24.6 Å². The van der Waals surface area contributed by atoms with Gasteiger partial charge in [0.15, 0.2) is 0 Å². The van der Waals surface area contributed by atoms with Crippen molar-refractivity contribution in [2.75, 3.05) is 0 Å². The summed E-state index contributed by atoms with van der Waals surface area (Å²) in [6.45, 7) is 3.71. The summed E-state index contributed by atoms with van der Waals surface area (Å²) in [5.74, 6) is -3.09. The lowest BCUT2D eigenvalue weighted by molar-refractivity contribution is -0.146. The Kier molecular flexibility index (Phi) is 5.84. The average molecular weight is 229 g/mol. The van der Waals surface area contributed by atoms with Crippen molar-refractivity contribution in [3.63, 3.8) is 0 Å². The molecule has 0 aromatic heterocycles. The van der Waals surface area contributed by atoms with Crippen molar-refractivity contribution >= 4 is 17.8 Å². The largest absolute Gasteiger partial charge is 0.481 e. The van der Waals surface area contributed by atoms with E-state index in [0.717, 1.165) is 0 Å². The molecule has 16 heavy (non-hydrogen) atoms. The van der Waals surface area contributed by atoms with Crippen molar-refractivity contribution in [3.05, 3.63) is 12.2 Å². The lowest BCUT2D eigenvalue weighted by Crippen LogP contribution is -2.41. The van der Waals surface area contributed by atoms with E-state index >= 15 is 0 Å². The Hall–Kier alpha value is -1.85. The molecule has 6 nitrogen and oxygen atoms in total. The normalized spacial score (nSPS) is 12.7. The molecule has 0 spiro atoms. The SMILES string of the molecule is CC(C)/C=C/C(=O)NC(CC(=O)O)C(=O)O. The highest BCUT2D eigenvalue weighted by atomic mass is 16.4. The maximum absolute atomic E-state index is 11.2. The molecule has 1 atom stereocenters. The molecule has 0 heterocycles. The van der Waals surface area contributed by atoms with Gasteiger partial charge in [-0.15, -0.1) is 0 Å². The molecule has 0 radical (unpaired) electrons. The fourth-order valence-electron chi connectivity index (χ4n) is 0.874. The van der Waals surface area contributed by atoms with Gasteiger partial charge in [0.25, 0.3) is 0 Å². The van der Waals surface area contributed by atoms with Crippen LogP contribution in [0.5, 0.6) is 0 Å². The first-order valence-electron chi connectivity index (χ1n) is 4.76. The predicted octanol–water partition coefficient (Wildman–Crippen LogP) is 0.243. The van der Waals surface area contributed by atoms with Crippen LogP contribution in [0.4, 0.5) is 0 Å². The molecule has 0 rings (SSSR count). The molecule has 6 heteroatoms. The lowest BCUT2D eigenvalue weighted by Gasteiger charge is -2.10. The van der Waals surface area contributed by atoms with Crippen LogP contribution in [-0.2, 0) is 14.4 Å². The van der Waals surface area contributed by atoms with Gasteiger partial charge in [-0.25, -0.2) is 4.79 Å². The van der Waals surface area contributed by atoms with Gasteiger partial charge in [-0.3, -0.25) is 9.59 Å². The molecule has 1 amide bonds. The number of rotatable bonds is 6. The van der Waals surface area contributed by atoms with Crippen LogP contribution in [-0.4, -0.2) is 34.1 Å². The van der Waals surface area contributed by atoms with E-state index in [1.54, 1.807) is 6.08 Å². The molecular weight excluding hydrogens is 214 g/mol. The molecule has 3 N–H and O–H groups in total. The lowest BCUT2D eigenvalue weighted by atomic mass is 10.2. The van der Waals surface area contributed by atoms with Crippen molar-refractivity contribution in [3.8, 4) is 0 Å². The van der Waals surface area contributed by atoms with Gasteiger partial charge in [0.05, 0.1) is 6.42 Å². The van der Waals surface area contributed by atoms with E-state index in [4.69, 9.17) is 10.2 Å². The van der Waals surface area contributed by atoms with Crippen molar-refractivity contribution in [1.82, 2.24) is 5.32 Å². The summed E-state index contributed by atoms with van der Waals surface area (Å²) in [5.41, 5.74) is 0. The Morgan fingerprint density at radius 2 is 1.81 bits per heavy atom. The minimum atomic E-state index is -1.40. The van der Waals surface area contributed by atoms with E-state index in [2.05, 4.69) is 5.32 Å². The van der Waals surface area contributed by atoms with Crippen molar-refractivity contribution in [2.24, 2.45) is 5.92 Å². The number of carboxylic acid groups (broad SMARTS) is 2. The monoisotopic (exact) mass is 229 g/mol. The van der Waals surface area contributed by atoms with Gasteiger partial charge in [-0.1, -0.05) is 19.9 Å². The van der Waals surface area contributed by atoms with Crippen LogP contribution < -0.4 is 5.32 Å². The molecule has 0 aliphatic heterocycles. The fraction of sp³-hybridized carbons (Fsp3) is 0.500. The molecule has 0 aliphatic rings. The second-order valence-electron chi connectivity index (χ2n) is 3.60. The highest BCUT2D eigenvalue weighted by molar-refractivity contribution is 5.92. The third kappa shape index (κ3) is 6.58. The number of hydrogen-bond acceptors (Lipinski definition) is 3. The standard InChI is InChI=1S/C10H15NO5/c1-6(2)3-4-8(12)11-7(10(15)16)5-9(13)14/h3-4,6-7H,5H2,1-2H3,(H,11,12)(H,13,14)(H,15,16)/b4-3+. The van der Waals surface area contributed by atoms with E-state index in [1.807, 2.05) is 13.8 Å². The molecule has 1 unspecified atom stereocenters. The quantitative estimate of drug-likeness (QED) is 0.566. The first-order valence-corrected chi connectivity index (χ1v) is 4.76. The van der Waals surface area contributed by atoms with Gasteiger partial charge < -0.3 is 15.5 Å². The number of amides is 1. The Balaban J connectivity index is 4.35. The topological polar surface area (TPSA) is 104 Å². The van der Waals surface area contributed by atoms with Crippen LogP contribution in [0.3, 0.4) is 0 Å². The molecule has 0 aromatic carbocycles. The highest BCUT2D eigenvalue weighted by Crippen LogP contribution is 1.96. The summed E-state index contributed by atoms with van der Waals surface area (Å²) in [7, 11) is 0. The third-order valence-electron chi connectivity index (χ3n) is 1.63. The number of carbonyl (C=O) groups excluding carboxylic acids is 1. The molecule has 0 aromatic rings. The number of aliphatic carboxylic acids is 2. The summed E-state index contributed by atoms with van der Waals surface area (Å²) in [5, 5.41) is 19.2. The van der Waals surface area contributed by atoms with Gasteiger partial charge in [-0.05, 0) is 12.0 Å². The Morgan fingerprint density at radius 3 is 2.19 bits per heavy atom. The molecule has 0 saturated carbocycles. The third-order valence-corrected chi connectivity index (χ3v) is 1.63. The van der Waals surface area contributed by atoms with Crippen LogP contribution in [0.2, 0.25) is 0 Å². The fourth-order valence-corrected chi connectivity index (χ4v) is 0.874. The van der Waals surface area contributed by atoms with E-state index in [9.17, 15) is 14.4 Å². The molecule has 90 valence electrons. The first-order chi connectivity index (χ1) is 7.32. The molecule has 0 saturated heterocycles. The van der Waals surface area contributed by atoms with Gasteiger partial charge in [0, 0.05) is 0 Å². The van der Waals surface area contributed by atoms with Crippen LogP contribution in [0, 0.1) is 5.92 Å². The second kappa shape index (κ2) is 6.60. The summed E-state index contributed by atoms with van der Waals surface area (Å²) < 4.78 is 0. The smallest absolute Gasteiger partial charge is 0.326 e. The van der Waals surface area contributed by atoms with Crippen LogP contribution in [0.15, 0.2) is 12.2 Å². The summed E-state index contributed by atoms with van der Waals surface area (Å²) in [6.07, 6.45) is 2.15. The minimum Gasteiger partial charge on any atom is -0.481 e. The zero-order chi connectivity index (χ0) is 12.7. The second-order valence-corrected chi connectivity index (χ2v) is 3.60. The molecule has 0 aliphatic carbocycles. The Labute approximate surface area is 93.0 Å². The minimum absolute atomic E-state index is 0.161. The summed E-state index contributed by atoms with van der Waals surface area (Å²) in [4.78, 5) is 32.1. The first kappa shape index (κ1) is 14.2. The Morgan fingerprint density at radius 1 is 1.25 bits per heavy atom. The van der Waals surface area contributed by atoms with Crippen LogP contribution in [0.1, 0.15) is 20.3 Å². The number of hydrogen-bond donors (Lipinski definition) is 3. The average Bonchev–Trinajstić information content (AvgIpc) is 2.12. The zero-order valence-electron chi connectivity index (χ0n) is 9.14. The summed E-state index contributed by atoms with van der Waals surface area (Å²) >= 11 is 0. The Bertz CT molecular complexity index is 308. The maximum Gasteiger partial charge on any atom is 0.326 e. The molecule has 0 fully saturated rings. The van der Waals surface area contributed by atoms with E-state index in [1.165, 1.54) is 6.08 Å². The van der Waals surface area contributed by atoms with E-state index in [0.29, 0.717) is 0 Å². The number of allylic oxidation sites excluding steroid dienone is 1. The van der Waals surface area contributed by atoms with Gasteiger partial charge in [0.1, 0.15) is 6.04 Å². The number of carbonyl (C=O) groups is 3. The van der Waals surface area contributed by atoms with Crippen molar-refractivity contribution in [1.29, 1.82) is 0 Å². The summed E-state index contributed by atoms with van der Waals surface area (Å²) in [6, 6.07) is -1.40. The van der Waals surface area contributed by atoms with Crippen molar-refractivity contribution in [2.45, 2.75) is 26.3 Å². The van der Waals surface area contributed by atoms with Gasteiger partial charge in [0.2, 0.25) is 5.91 Å². The van der Waals surface area contributed by atoms with E-state index in [-0.39, 0.29) is 5.92 Å². The van der Waals surface area contributed by atoms with Gasteiger partial charge >= 0.3 is 11.9 Å². The van der Waals surface area contributed by atoms with Crippen LogP contribution in [0.25, 0.3) is 0 Å².